The van der Waals surface area contributed by atoms with E-state index in [4.69, 9.17) is 4.42 Å². The van der Waals surface area contributed by atoms with Crippen molar-refractivity contribution in [2.24, 2.45) is 0 Å². The van der Waals surface area contributed by atoms with Crippen molar-refractivity contribution in [3.05, 3.63) is 24.2 Å². The Balaban J connectivity index is 1.91. The average Bonchev–Trinajstić information content (AvgIpc) is 2.77. The number of aliphatic hydroxyl groups is 1. The normalized spacial score (nSPS) is 29.3. The molecule has 2 rings (SSSR count). The van der Waals surface area contributed by atoms with Crippen LogP contribution in [0.2, 0.25) is 0 Å². The van der Waals surface area contributed by atoms with Crippen LogP contribution in [0.25, 0.3) is 0 Å². The molecule has 0 spiro atoms. The summed E-state index contributed by atoms with van der Waals surface area (Å²) in [6.45, 7) is 2.06. The van der Waals surface area contributed by atoms with Gasteiger partial charge in [0.15, 0.2) is 0 Å². The van der Waals surface area contributed by atoms with Crippen LogP contribution in [0.5, 0.6) is 0 Å². The van der Waals surface area contributed by atoms with Crippen molar-refractivity contribution in [3.8, 4) is 0 Å². The maximum Gasteiger partial charge on any atom is 0.120 e. The molecule has 0 unspecified atom stereocenters. The highest BCUT2D eigenvalue weighted by molar-refractivity contribution is 5.04. The Bertz CT molecular complexity index is 271. The van der Waals surface area contributed by atoms with E-state index in [9.17, 15) is 5.11 Å². The van der Waals surface area contributed by atoms with Crippen LogP contribution in [-0.2, 0) is 0 Å². The number of rotatable bonds is 3. The Hall–Kier alpha value is -0.800. The van der Waals surface area contributed by atoms with E-state index in [1.165, 1.54) is 0 Å². The highest BCUT2D eigenvalue weighted by atomic mass is 16.3. The molecule has 3 nitrogen and oxygen atoms in total. The van der Waals surface area contributed by atoms with Crippen LogP contribution in [0, 0.1) is 0 Å². The number of hydrogen-bond acceptors (Lipinski definition) is 3. The minimum Gasteiger partial charge on any atom is -0.468 e. The van der Waals surface area contributed by atoms with Gasteiger partial charge in [-0.1, -0.05) is 0 Å². The Labute approximate surface area is 84.1 Å². The molecule has 3 heteroatoms. The molecule has 2 N–H and O–H groups in total. The molecule has 1 heterocycles. The van der Waals surface area contributed by atoms with E-state index in [1.807, 2.05) is 12.1 Å². The summed E-state index contributed by atoms with van der Waals surface area (Å²) < 4.78 is 5.30. The van der Waals surface area contributed by atoms with Gasteiger partial charge < -0.3 is 14.8 Å². The second-order valence-electron chi connectivity index (χ2n) is 4.01. The summed E-state index contributed by atoms with van der Waals surface area (Å²) >= 11 is 0. The molecule has 1 aliphatic rings. The van der Waals surface area contributed by atoms with Crippen LogP contribution >= 0.6 is 0 Å². The van der Waals surface area contributed by atoms with Crippen molar-refractivity contribution in [1.82, 2.24) is 5.32 Å². The molecule has 3 atom stereocenters. The molecule has 1 fully saturated rings. The van der Waals surface area contributed by atoms with Gasteiger partial charge in [0.25, 0.3) is 0 Å². The Morgan fingerprint density at radius 2 is 2.43 bits per heavy atom. The summed E-state index contributed by atoms with van der Waals surface area (Å²) in [5.41, 5.74) is 0. The molecular weight excluding hydrogens is 178 g/mol. The topological polar surface area (TPSA) is 45.4 Å². The fourth-order valence-electron chi connectivity index (χ4n) is 2.08. The van der Waals surface area contributed by atoms with Crippen LogP contribution in [0.1, 0.15) is 38.0 Å². The van der Waals surface area contributed by atoms with Gasteiger partial charge in [-0.05, 0) is 38.3 Å². The molecule has 78 valence electrons. The summed E-state index contributed by atoms with van der Waals surface area (Å²) in [4.78, 5) is 0. The van der Waals surface area contributed by atoms with Crippen LogP contribution < -0.4 is 5.32 Å². The van der Waals surface area contributed by atoms with Crippen molar-refractivity contribution in [3.63, 3.8) is 0 Å². The zero-order valence-electron chi connectivity index (χ0n) is 8.44. The molecule has 0 saturated heterocycles. The first-order valence-corrected chi connectivity index (χ1v) is 5.25. The van der Waals surface area contributed by atoms with Crippen LogP contribution in [-0.4, -0.2) is 17.3 Å². The largest absolute Gasteiger partial charge is 0.468 e. The highest BCUT2D eigenvalue weighted by Crippen LogP contribution is 2.22. The lowest BCUT2D eigenvalue weighted by molar-refractivity contribution is 0.142. The van der Waals surface area contributed by atoms with Gasteiger partial charge in [-0.15, -0.1) is 0 Å². The summed E-state index contributed by atoms with van der Waals surface area (Å²) in [5, 5.41) is 13.0. The predicted octanol–water partition coefficient (Wildman–Crippen LogP) is 1.84. The van der Waals surface area contributed by atoms with E-state index < -0.39 is 0 Å². The molecule has 0 aliphatic heterocycles. The Morgan fingerprint density at radius 1 is 1.57 bits per heavy atom. The summed E-state index contributed by atoms with van der Waals surface area (Å²) in [5.74, 6) is 0.934. The Morgan fingerprint density at radius 3 is 3.00 bits per heavy atom. The third-order valence-electron chi connectivity index (χ3n) is 2.91. The van der Waals surface area contributed by atoms with Crippen molar-refractivity contribution >= 4 is 0 Å². The molecule has 14 heavy (non-hydrogen) atoms. The van der Waals surface area contributed by atoms with Crippen LogP contribution in [0.3, 0.4) is 0 Å². The first-order chi connectivity index (χ1) is 6.77. The lowest BCUT2D eigenvalue weighted by Gasteiger charge is -2.20. The van der Waals surface area contributed by atoms with Gasteiger partial charge in [0, 0.05) is 6.04 Å². The van der Waals surface area contributed by atoms with Crippen molar-refractivity contribution in [2.45, 2.75) is 44.4 Å². The maximum absolute atomic E-state index is 9.64. The van der Waals surface area contributed by atoms with Gasteiger partial charge in [0.1, 0.15) is 5.76 Å². The van der Waals surface area contributed by atoms with Crippen molar-refractivity contribution in [2.75, 3.05) is 0 Å². The minimum absolute atomic E-state index is 0.183. The van der Waals surface area contributed by atoms with Gasteiger partial charge in [0.2, 0.25) is 0 Å². The lowest BCUT2D eigenvalue weighted by atomic mass is 10.1. The van der Waals surface area contributed by atoms with Crippen molar-refractivity contribution < 1.29 is 9.52 Å². The van der Waals surface area contributed by atoms with Crippen molar-refractivity contribution in [1.29, 1.82) is 0 Å². The van der Waals surface area contributed by atoms with Gasteiger partial charge >= 0.3 is 0 Å². The number of furan rings is 1. The fourth-order valence-corrected chi connectivity index (χ4v) is 2.08. The van der Waals surface area contributed by atoms with Gasteiger partial charge in [-0.25, -0.2) is 0 Å². The number of aliphatic hydroxyl groups excluding tert-OH is 1. The predicted molar refractivity (Wildman–Crippen MR) is 53.9 cm³/mol. The van der Waals surface area contributed by atoms with E-state index in [1.54, 1.807) is 6.26 Å². The SMILES string of the molecule is C[C@@H](N[C@@H]1CCC[C@H]1O)c1ccco1. The fraction of sp³-hybridized carbons (Fsp3) is 0.636. The van der Waals surface area contributed by atoms with Gasteiger partial charge in [0.05, 0.1) is 18.4 Å². The molecule has 0 amide bonds. The molecular formula is C11H17NO2. The first-order valence-electron chi connectivity index (χ1n) is 5.25. The van der Waals surface area contributed by atoms with E-state index in [0.717, 1.165) is 25.0 Å². The van der Waals surface area contributed by atoms with Gasteiger partial charge in [-0.2, -0.15) is 0 Å². The average molecular weight is 195 g/mol. The zero-order chi connectivity index (χ0) is 9.97. The zero-order valence-corrected chi connectivity index (χ0v) is 8.44. The van der Waals surface area contributed by atoms with E-state index in [2.05, 4.69) is 12.2 Å². The van der Waals surface area contributed by atoms with E-state index in [-0.39, 0.29) is 18.2 Å². The molecule has 0 bridgehead atoms. The van der Waals surface area contributed by atoms with Gasteiger partial charge in [-0.3, -0.25) is 0 Å². The molecule has 0 aromatic carbocycles. The molecule has 1 saturated carbocycles. The second-order valence-corrected chi connectivity index (χ2v) is 4.01. The lowest BCUT2D eigenvalue weighted by Crippen LogP contribution is -2.37. The molecule has 0 radical (unpaired) electrons. The van der Waals surface area contributed by atoms with Crippen LogP contribution in [0.4, 0.5) is 0 Å². The number of nitrogens with one attached hydrogen (secondary N) is 1. The third-order valence-corrected chi connectivity index (χ3v) is 2.91. The van der Waals surface area contributed by atoms with E-state index >= 15 is 0 Å². The second kappa shape index (κ2) is 4.15. The summed E-state index contributed by atoms with van der Waals surface area (Å²) in [6, 6.07) is 4.26. The standard InChI is InChI=1S/C11H17NO2/c1-8(11-6-3-7-14-11)12-9-4-2-5-10(9)13/h3,6-10,12-13H,2,4-5H2,1H3/t8-,9-,10-/m1/s1. The first kappa shape index (κ1) is 9.74. The quantitative estimate of drug-likeness (QED) is 0.773. The molecule has 1 aromatic heterocycles. The number of hydrogen-bond donors (Lipinski definition) is 2. The van der Waals surface area contributed by atoms with Crippen LogP contribution in [0.15, 0.2) is 22.8 Å². The summed E-state index contributed by atoms with van der Waals surface area (Å²) in [7, 11) is 0. The van der Waals surface area contributed by atoms with E-state index in [0.29, 0.717) is 0 Å². The third kappa shape index (κ3) is 1.99. The maximum atomic E-state index is 9.64. The monoisotopic (exact) mass is 195 g/mol. The minimum atomic E-state index is -0.188. The smallest absolute Gasteiger partial charge is 0.120 e. The molecule has 1 aromatic rings. The Kier molecular flexibility index (Phi) is 2.89. The molecule has 1 aliphatic carbocycles. The summed E-state index contributed by atoms with van der Waals surface area (Å²) in [6.07, 6.45) is 4.59. The highest BCUT2D eigenvalue weighted by Gasteiger charge is 2.26.